The number of halogens is 1. The Labute approximate surface area is 152 Å². The van der Waals surface area contributed by atoms with Gasteiger partial charge in [0.15, 0.2) is 5.96 Å². The van der Waals surface area contributed by atoms with Gasteiger partial charge in [-0.15, -0.1) is 24.0 Å². The Balaban J connectivity index is 0.00000441. The zero-order valence-electron chi connectivity index (χ0n) is 14.3. The molecule has 0 aliphatic carbocycles. The predicted octanol–water partition coefficient (Wildman–Crippen LogP) is 2.73. The van der Waals surface area contributed by atoms with Crippen LogP contribution in [0.5, 0.6) is 0 Å². The van der Waals surface area contributed by atoms with Gasteiger partial charge < -0.3 is 20.0 Å². The number of nitrogens with one attached hydrogen (secondary N) is 2. The van der Waals surface area contributed by atoms with Gasteiger partial charge in [-0.05, 0) is 52.4 Å². The fourth-order valence-corrected chi connectivity index (χ4v) is 1.93. The molecule has 0 fully saturated rings. The standard InChI is InChI=1S/C16H30N4O.HI/c1-14(2)20(4)12-6-5-10-18-16(17-3)19-11-9-15-8-7-13-21-15;/h7-8,13-14H,5-6,9-12H2,1-4H3,(H2,17,18,19);1H. The Bertz CT molecular complexity index is 393. The molecule has 128 valence electrons. The Kier molecular flexibility index (Phi) is 12.3. The van der Waals surface area contributed by atoms with E-state index in [1.807, 2.05) is 12.1 Å². The summed E-state index contributed by atoms with van der Waals surface area (Å²) in [5, 5.41) is 6.64. The number of hydrogen-bond acceptors (Lipinski definition) is 3. The van der Waals surface area contributed by atoms with Gasteiger partial charge in [-0.1, -0.05) is 0 Å². The summed E-state index contributed by atoms with van der Waals surface area (Å²) in [5.41, 5.74) is 0. The lowest BCUT2D eigenvalue weighted by molar-refractivity contribution is 0.268. The molecule has 0 atom stereocenters. The maximum atomic E-state index is 5.30. The van der Waals surface area contributed by atoms with Gasteiger partial charge >= 0.3 is 0 Å². The lowest BCUT2D eigenvalue weighted by Gasteiger charge is -2.20. The minimum atomic E-state index is 0. The van der Waals surface area contributed by atoms with Crippen molar-refractivity contribution >= 4 is 29.9 Å². The molecule has 0 radical (unpaired) electrons. The lowest BCUT2D eigenvalue weighted by Crippen LogP contribution is -2.39. The quantitative estimate of drug-likeness (QED) is 0.278. The van der Waals surface area contributed by atoms with Gasteiger partial charge in [0.05, 0.1) is 6.26 Å². The zero-order valence-corrected chi connectivity index (χ0v) is 16.6. The van der Waals surface area contributed by atoms with Crippen LogP contribution in [-0.2, 0) is 6.42 Å². The summed E-state index contributed by atoms with van der Waals surface area (Å²) in [5.74, 6) is 1.86. The second-order valence-electron chi connectivity index (χ2n) is 5.54. The molecule has 0 bridgehead atoms. The molecular formula is C16H31IN4O. The van der Waals surface area contributed by atoms with Crippen LogP contribution >= 0.6 is 24.0 Å². The average Bonchev–Trinajstić information content (AvgIpc) is 2.97. The minimum absolute atomic E-state index is 0. The lowest BCUT2D eigenvalue weighted by atomic mass is 10.2. The third-order valence-corrected chi connectivity index (χ3v) is 3.58. The van der Waals surface area contributed by atoms with E-state index in [-0.39, 0.29) is 24.0 Å². The topological polar surface area (TPSA) is 52.8 Å². The van der Waals surface area contributed by atoms with E-state index in [0.717, 1.165) is 44.2 Å². The van der Waals surface area contributed by atoms with Crippen molar-refractivity contribution in [1.82, 2.24) is 15.5 Å². The van der Waals surface area contributed by atoms with E-state index >= 15 is 0 Å². The minimum Gasteiger partial charge on any atom is -0.469 e. The molecule has 0 spiro atoms. The van der Waals surface area contributed by atoms with E-state index in [0.29, 0.717) is 6.04 Å². The van der Waals surface area contributed by atoms with Gasteiger partial charge in [-0.2, -0.15) is 0 Å². The first-order valence-corrected chi connectivity index (χ1v) is 7.80. The van der Waals surface area contributed by atoms with E-state index in [2.05, 4.69) is 41.4 Å². The van der Waals surface area contributed by atoms with Crippen LogP contribution in [0.1, 0.15) is 32.4 Å². The molecule has 5 nitrogen and oxygen atoms in total. The maximum Gasteiger partial charge on any atom is 0.190 e. The zero-order chi connectivity index (χ0) is 15.5. The average molecular weight is 422 g/mol. The molecule has 0 saturated carbocycles. The SMILES string of the molecule is CN=C(NCCCCN(C)C(C)C)NCCc1ccco1.I. The molecule has 2 N–H and O–H groups in total. The number of guanidine groups is 1. The van der Waals surface area contributed by atoms with E-state index in [1.165, 1.54) is 6.42 Å². The monoisotopic (exact) mass is 422 g/mol. The molecule has 6 heteroatoms. The summed E-state index contributed by atoms with van der Waals surface area (Å²) in [4.78, 5) is 6.59. The highest BCUT2D eigenvalue weighted by Crippen LogP contribution is 1.99. The van der Waals surface area contributed by atoms with Crippen LogP contribution in [0.4, 0.5) is 0 Å². The Morgan fingerprint density at radius 3 is 2.59 bits per heavy atom. The van der Waals surface area contributed by atoms with Crippen molar-refractivity contribution in [2.45, 2.75) is 39.2 Å². The van der Waals surface area contributed by atoms with E-state index < -0.39 is 0 Å². The molecule has 1 rings (SSSR count). The van der Waals surface area contributed by atoms with E-state index in [4.69, 9.17) is 4.42 Å². The van der Waals surface area contributed by atoms with Crippen molar-refractivity contribution in [2.24, 2.45) is 4.99 Å². The number of aliphatic imine (C=N–C) groups is 1. The first-order chi connectivity index (χ1) is 10.1. The second kappa shape index (κ2) is 12.8. The van der Waals surface area contributed by atoms with Gasteiger partial charge in [-0.3, -0.25) is 4.99 Å². The molecule has 0 unspecified atom stereocenters. The summed E-state index contributed by atoms with van der Waals surface area (Å²) in [6.07, 6.45) is 4.92. The Morgan fingerprint density at radius 1 is 1.27 bits per heavy atom. The second-order valence-corrected chi connectivity index (χ2v) is 5.54. The van der Waals surface area contributed by atoms with Gasteiger partial charge in [0.1, 0.15) is 5.76 Å². The van der Waals surface area contributed by atoms with Crippen molar-refractivity contribution in [3.63, 3.8) is 0 Å². The van der Waals surface area contributed by atoms with Crippen LogP contribution in [0.2, 0.25) is 0 Å². The largest absolute Gasteiger partial charge is 0.469 e. The molecule has 0 amide bonds. The van der Waals surface area contributed by atoms with Crippen molar-refractivity contribution in [3.8, 4) is 0 Å². The highest BCUT2D eigenvalue weighted by atomic mass is 127. The number of unbranched alkanes of at least 4 members (excludes halogenated alkanes) is 1. The third-order valence-electron chi connectivity index (χ3n) is 3.58. The summed E-state index contributed by atoms with van der Waals surface area (Å²) >= 11 is 0. The fourth-order valence-electron chi connectivity index (χ4n) is 1.93. The molecule has 0 aliphatic heterocycles. The highest BCUT2D eigenvalue weighted by molar-refractivity contribution is 14.0. The molecule has 1 aromatic rings. The number of nitrogens with zero attached hydrogens (tertiary/aromatic N) is 2. The van der Waals surface area contributed by atoms with Gasteiger partial charge in [0, 0.05) is 32.6 Å². The molecule has 0 saturated heterocycles. The van der Waals surface area contributed by atoms with Gasteiger partial charge in [0.25, 0.3) is 0 Å². The van der Waals surface area contributed by atoms with Crippen molar-refractivity contribution in [3.05, 3.63) is 24.2 Å². The van der Waals surface area contributed by atoms with E-state index in [9.17, 15) is 0 Å². The molecule has 0 aromatic carbocycles. The van der Waals surface area contributed by atoms with Crippen LogP contribution in [0.15, 0.2) is 27.8 Å². The normalized spacial score (nSPS) is 11.6. The number of hydrogen-bond donors (Lipinski definition) is 2. The first kappa shape index (κ1) is 21.2. The van der Waals surface area contributed by atoms with Gasteiger partial charge in [-0.25, -0.2) is 0 Å². The van der Waals surface area contributed by atoms with Crippen LogP contribution < -0.4 is 10.6 Å². The molecular weight excluding hydrogens is 391 g/mol. The van der Waals surface area contributed by atoms with Crippen molar-refractivity contribution in [2.75, 3.05) is 33.7 Å². The first-order valence-electron chi connectivity index (χ1n) is 7.80. The smallest absolute Gasteiger partial charge is 0.190 e. The molecule has 22 heavy (non-hydrogen) atoms. The van der Waals surface area contributed by atoms with Crippen molar-refractivity contribution < 1.29 is 4.42 Å². The predicted molar refractivity (Wildman–Crippen MR) is 104 cm³/mol. The Morgan fingerprint density at radius 2 is 2.00 bits per heavy atom. The van der Waals surface area contributed by atoms with Crippen LogP contribution in [0.3, 0.4) is 0 Å². The van der Waals surface area contributed by atoms with Crippen LogP contribution in [0, 0.1) is 0 Å². The number of rotatable bonds is 9. The maximum absolute atomic E-state index is 5.30. The molecule has 1 aromatic heterocycles. The summed E-state index contributed by atoms with van der Waals surface area (Å²) in [6, 6.07) is 4.52. The summed E-state index contributed by atoms with van der Waals surface area (Å²) in [7, 11) is 3.97. The molecule has 0 aliphatic rings. The third kappa shape index (κ3) is 9.30. The number of furan rings is 1. The van der Waals surface area contributed by atoms with Gasteiger partial charge in [0.2, 0.25) is 0 Å². The highest BCUT2D eigenvalue weighted by Gasteiger charge is 2.02. The Hall–Kier alpha value is -0.760. The van der Waals surface area contributed by atoms with Crippen LogP contribution in [-0.4, -0.2) is 50.6 Å². The molecule has 1 heterocycles. The van der Waals surface area contributed by atoms with Crippen LogP contribution in [0.25, 0.3) is 0 Å². The summed E-state index contributed by atoms with van der Waals surface area (Å²) < 4.78 is 5.30. The summed E-state index contributed by atoms with van der Waals surface area (Å²) in [6.45, 7) is 7.37. The van der Waals surface area contributed by atoms with Crippen molar-refractivity contribution in [1.29, 1.82) is 0 Å². The van der Waals surface area contributed by atoms with E-state index in [1.54, 1.807) is 13.3 Å². The fraction of sp³-hybridized carbons (Fsp3) is 0.688.